The van der Waals surface area contributed by atoms with Gasteiger partial charge in [-0.1, -0.05) is 22.3 Å². The molecule has 0 heterocycles. The van der Waals surface area contributed by atoms with Gasteiger partial charge in [0.25, 0.3) is 18.7 Å². The number of halogens is 21. The van der Waals surface area contributed by atoms with Crippen molar-refractivity contribution >= 4 is 0 Å². The van der Waals surface area contributed by atoms with E-state index in [9.17, 15) is 92.2 Å². The lowest BCUT2D eigenvalue weighted by Crippen LogP contribution is -2.40. The second-order valence-electron chi connectivity index (χ2n) is 15.4. The zero-order chi connectivity index (χ0) is 56.2. The first-order valence-corrected chi connectivity index (χ1v) is 17.9. The van der Waals surface area contributed by atoms with Crippen LogP contribution in [0.1, 0.15) is 112 Å². The lowest BCUT2D eigenvalue weighted by Gasteiger charge is -2.25. The molecule has 0 aromatic heterocycles. The van der Waals surface area contributed by atoms with Crippen LogP contribution >= 0.6 is 0 Å². The topological polar surface area (TPSA) is 73.8 Å². The normalized spacial score (nSPS) is 14.8. The summed E-state index contributed by atoms with van der Waals surface area (Å²) in [6.45, 7) is 12.5. The quantitative estimate of drug-likeness (QED) is 0.179. The second kappa shape index (κ2) is 37.9. The van der Waals surface area contributed by atoms with Crippen LogP contribution in [0.15, 0.2) is 0 Å². The maximum absolute atomic E-state index is 12.0. The zero-order valence-electron chi connectivity index (χ0n) is 40.8. The average molecular weight is 1090 g/mol. The number of hydrogen-bond acceptors (Lipinski definition) is 8. The molecule has 0 amide bonds. The molecule has 3 atom stereocenters. The van der Waals surface area contributed by atoms with Gasteiger partial charge < -0.3 is 37.9 Å². The molecule has 0 aliphatic carbocycles. The largest absolute Gasteiger partial charge is 0.447 e. The summed E-state index contributed by atoms with van der Waals surface area (Å²) in [5, 5.41) is 0. The van der Waals surface area contributed by atoms with Crippen molar-refractivity contribution in [3.63, 3.8) is 0 Å². The summed E-state index contributed by atoms with van der Waals surface area (Å²) < 4.78 is 277. The Hall–Kier alpha value is -1.79. The van der Waals surface area contributed by atoms with Crippen molar-refractivity contribution in [3.05, 3.63) is 0 Å². The van der Waals surface area contributed by atoms with Crippen LogP contribution in [0.2, 0.25) is 0 Å². The van der Waals surface area contributed by atoms with Gasteiger partial charge in [0.1, 0.15) is 19.0 Å². The molecule has 0 aliphatic heterocycles. The van der Waals surface area contributed by atoms with E-state index in [-0.39, 0.29) is 22.3 Å². The highest BCUT2D eigenvalue weighted by molar-refractivity contribution is 4.78. The molecule has 0 aliphatic rings. The van der Waals surface area contributed by atoms with Crippen LogP contribution in [-0.2, 0) is 37.9 Å². The van der Waals surface area contributed by atoms with Crippen LogP contribution in [0.25, 0.3) is 0 Å². The molecular weight excluding hydrogens is 1010 g/mol. The first kappa shape index (κ1) is 93.3. The predicted molar refractivity (Wildman–Crippen MR) is 223 cm³/mol. The molecule has 69 heavy (non-hydrogen) atoms. The van der Waals surface area contributed by atoms with E-state index in [1.807, 2.05) is 0 Å². The van der Waals surface area contributed by atoms with Crippen molar-refractivity contribution < 1.29 is 130 Å². The molecule has 0 aromatic carbocycles. The van der Waals surface area contributed by atoms with Crippen molar-refractivity contribution in [2.45, 2.75) is 195 Å². The van der Waals surface area contributed by atoms with Crippen molar-refractivity contribution in [2.24, 2.45) is 0 Å². The Balaban J connectivity index is -0.0000000616. The molecular formula is C40H81F21O8. The summed E-state index contributed by atoms with van der Waals surface area (Å²) in [7, 11) is 8.56. The lowest BCUT2D eigenvalue weighted by atomic mass is 10.1. The van der Waals surface area contributed by atoms with E-state index in [4.69, 9.17) is 4.74 Å². The molecule has 0 fully saturated rings. The molecule has 0 spiro atoms. The Morgan fingerprint density at radius 2 is 0.580 bits per heavy atom. The van der Waals surface area contributed by atoms with E-state index in [1.165, 1.54) is 28.1 Å². The fourth-order valence-corrected chi connectivity index (χ4v) is 0.750. The Kier molecular flexibility index (Phi) is 51.2. The van der Waals surface area contributed by atoms with Crippen molar-refractivity contribution in [2.75, 3.05) is 70.2 Å². The smallest absolute Gasteiger partial charge is 0.376 e. The maximum atomic E-state index is 12.0. The van der Waals surface area contributed by atoms with Gasteiger partial charge in [-0.3, -0.25) is 0 Å². The van der Waals surface area contributed by atoms with Gasteiger partial charge in [-0.25, -0.2) is 39.5 Å². The van der Waals surface area contributed by atoms with E-state index >= 15 is 0 Å². The summed E-state index contributed by atoms with van der Waals surface area (Å²) >= 11 is 0. The zero-order valence-corrected chi connectivity index (χ0v) is 40.8. The maximum Gasteiger partial charge on any atom is 0.447 e. The van der Waals surface area contributed by atoms with Crippen molar-refractivity contribution in [1.29, 1.82) is 0 Å². The second-order valence-corrected chi connectivity index (χ2v) is 15.4. The number of alkyl halides is 21. The minimum atomic E-state index is -4.94. The van der Waals surface area contributed by atoms with Crippen LogP contribution in [0, 0.1) is 0 Å². The minimum absolute atomic E-state index is 0. The van der Waals surface area contributed by atoms with Gasteiger partial charge in [0.05, 0.1) is 5.60 Å². The van der Waals surface area contributed by atoms with Crippen LogP contribution in [0.3, 0.4) is 0 Å². The molecule has 436 valence electrons. The molecule has 3 unspecified atom stereocenters. The molecule has 0 saturated heterocycles. The van der Waals surface area contributed by atoms with Gasteiger partial charge in [-0.15, -0.1) is 0 Å². The molecule has 8 nitrogen and oxygen atoms in total. The average Bonchev–Trinajstić information content (AvgIpc) is 3.17. The van der Waals surface area contributed by atoms with Gasteiger partial charge in [0.2, 0.25) is 5.85 Å². The van der Waals surface area contributed by atoms with Crippen molar-refractivity contribution in [3.8, 4) is 0 Å². The van der Waals surface area contributed by atoms with E-state index in [0.717, 1.165) is 84.0 Å². The van der Waals surface area contributed by atoms with Crippen LogP contribution in [-0.4, -0.2) is 153 Å². The monoisotopic (exact) mass is 1090 g/mol. The first-order valence-electron chi connectivity index (χ1n) is 17.9. The molecule has 0 rings (SSSR count). The predicted octanol–water partition coefficient (Wildman–Crippen LogP) is 15.6. The third-order valence-electron chi connectivity index (χ3n) is 7.85. The Morgan fingerprint density at radius 1 is 0.319 bits per heavy atom. The van der Waals surface area contributed by atoms with Gasteiger partial charge in [-0.2, -0.15) is 52.7 Å². The number of methoxy groups -OCH3 is 8. The molecule has 29 heteroatoms. The molecule has 0 radical (unpaired) electrons. The minimum Gasteiger partial charge on any atom is -0.376 e. The number of hydrogen-bond donors (Lipinski definition) is 0. The van der Waals surface area contributed by atoms with E-state index in [0.29, 0.717) is 21.0 Å². The summed E-state index contributed by atoms with van der Waals surface area (Å²) in [6, 6.07) is 0. The third kappa shape index (κ3) is 47.0. The summed E-state index contributed by atoms with van der Waals surface area (Å²) in [4.78, 5) is 0. The standard InChI is InChI=1S/3C5H9F3O.C5H10F2O.C5H11FO.C4H6F4O.C4H7F3O.C4H8F2O.3CH4/c3*1-4(2,9-3)5(6,7)8;1-5(2,8-3)4(6)7;1-5(2,4-6)7-3;1-3(5,9-2)4(6,7)8;1-4(7,8-2)3(5)6;1-4(6,3-5)7-2;;;/h3*1-3H3;4H,1-3H3;4H2,1-3H3;1-2H3;3H,1-2H3;3H2,1-2H3;3*1H4. The number of rotatable bonds is 12. The molecule has 0 bridgehead atoms. The van der Waals surface area contributed by atoms with E-state index < -0.39 is 96.5 Å². The summed E-state index contributed by atoms with van der Waals surface area (Å²) in [5.41, 5.74) is -7.94. The fraction of sp³-hybridized carbons (Fsp3) is 1.00. The number of ether oxygens (including phenoxy) is 8. The van der Waals surface area contributed by atoms with Gasteiger partial charge in [-0.05, 0) is 76.2 Å². The summed E-state index contributed by atoms with van der Waals surface area (Å²) in [5.74, 6) is -8.40. The molecule has 0 aromatic rings. The summed E-state index contributed by atoms with van der Waals surface area (Å²) in [6.07, 6.45) is -23.3. The third-order valence-corrected chi connectivity index (χ3v) is 7.85. The van der Waals surface area contributed by atoms with Gasteiger partial charge >= 0.3 is 30.6 Å². The molecule has 0 N–H and O–H groups in total. The Morgan fingerprint density at radius 3 is 0.580 bits per heavy atom. The van der Waals surface area contributed by atoms with Gasteiger partial charge in [0, 0.05) is 70.7 Å². The van der Waals surface area contributed by atoms with Gasteiger partial charge in [0.15, 0.2) is 16.8 Å². The highest BCUT2D eigenvalue weighted by Crippen LogP contribution is 2.35. The lowest BCUT2D eigenvalue weighted by molar-refractivity contribution is -0.316. The van der Waals surface area contributed by atoms with E-state index in [1.54, 1.807) is 13.8 Å². The van der Waals surface area contributed by atoms with Crippen LogP contribution in [0.4, 0.5) is 92.2 Å². The Labute approximate surface area is 395 Å². The van der Waals surface area contributed by atoms with Crippen LogP contribution in [0.5, 0.6) is 0 Å². The highest BCUT2D eigenvalue weighted by Gasteiger charge is 2.53. The first-order chi connectivity index (χ1) is 28.5. The fourth-order valence-electron chi connectivity index (χ4n) is 0.750. The SMILES string of the molecule is C.C.C.COC(C)(C)C(F)(F)F.COC(C)(C)C(F)(F)F.COC(C)(C)C(F)(F)F.COC(C)(C)C(F)F.COC(C)(C)CF.COC(C)(F)C(F)(F)F.COC(C)(F)C(F)F.COC(C)(F)CF. The molecule has 0 saturated carbocycles. The van der Waals surface area contributed by atoms with Crippen molar-refractivity contribution in [1.82, 2.24) is 0 Å². The van der Waals surface area contributed by atoms with Crippen LogP contribution < -0.4 is 0 Å². The van der Waals surface area contributed by atoms with E-state index in [2.05, 4.69) is 33.2 Å². The Bertz CT molecular complexity index is 1000. The highest BCUT2D eigenvalue weighted by atomic mass is 19.4.